The van der Waals surface area contributed by atoms with Gasteiger partial charge in [0.25, 0.3) is 5.91 Å². The van der Waals surface area contributed by atoms with E-state index in [0.29, 0.717) is 11.4 Å². The van der Waals surface area contributed by atoms with E-state index >= 15 is 0 Å². The normalized spacial score (nSPS) is 22.0. The third kappa shape index (κ3) is 3.06. The van der Waals surface area contributed by atoms with Crippen molar-refractivity contribution >= 4 is 17.5 Å². The molecule has 1 aromatic rings. The Kier molecular flexibility index (Phi) is 4.29. The first-order valence-electron chi connectivity index (χ1n) is 7.72. The fourth-order valence-corrected chi connectivity index (χ4v) is 2.91. The standard InChI is InChI=1S/C16H21N3O3/c1-11-16(21)19(13-4-2-3-5-14(13)22-11)10-15(20)18-12-6-8-17-9-7-12/h2-5,11-12,17H,6-10H2,1H3,(H,18,20). The van der Waals surface area contributed by atoms with Crippen LogP contribution in [0.3, 0.4) is 0 Å². The topological polar surface area (TPSA) is 70.7 Å². The third-order valence-electron chi connectivity index (χ3n) is 4.08. The van der Waals surface area contributed by atoms with Crippen molar-refractivity contribution in [3.8, 4) is 5.75 Å². The van der Waals surface area contributed by atoms with E-state index < -0.39 is 6.10 Å². The van der Waals surface area contributed by atoms with Crippen molar-refractivity contribution in [2.24, 2.45) is 0 Å². The lowest BCUT2D eigenvalue weighted by Crippen LogP contribution is -2.51. The largest absolute Gasteiger partial charge is 0.479 e. The number of nitrogens with zero attached hydrogens (tertiary/aromatic N) is 1. The maximum Gasteiger partial charge on any atom is 0.268 e. The number of amides is 2. The van der Waals surface area contributed by atoms with E-state index in [-0.39, 0.29) is 24.4 Å². The summed E-state index contributed by atoms with van der Waals surface area (Å²) in [6.07, 6.45) is 1.28. The number of carbonyl (C=O) groups is 2. The van der Waals surface area contributed by atoms with Gasteiger partial charge in [0, 0.05) is 6.04 Å². The van der Waals surface area contributed by atoms with Crippen LogP contribution in [0, 0.1) is 0 Å². The first kappa shape index (κ1) is 14.8. The molecule has 2 amide bonds. The molecule has 0 radical (unpaired) electrons. The van der Waals surface area contributed by atoms with Gasteiger partial charge in [0.2, 0.25) is 5.91 Å². The number of nitrogens with one attached hydrogen (secondary N) is 2. The Bertz CT molecular complexity index is 570. The van der Waals surface area contributed by atoms with Gasteiger partial charge in [0.15, 0.2) is 6.10 Å². The lowest BCUT2D eigenvalue weighted by molar-refractivity contribution is -0.128. The number of carbonyl (C=O) groups excluding carboxylic acids is 2. The summed E-state index contributed by atoms with van der Waals surface area (Å²) in [5.74, 6) is 0.340. The highest BCUT2D eigenvalue weighted by Gasteiger charge is 2.32. The first-order valence-corrected chi connectivity index (χ1v) is 7.72. The van der Waals surface area contributed by atoms with Crippen LogP contribution in [0.1, 0.15) is 19.8 Å². The number of anilines is 1. The van der Waals surface area contributed by atoms with Gasteiger partial charge in [-0.15, -0.1) is 0 Å². The van der Waals surface area contributed by atoms with Gasteiger partial charge < -0.3 is 15.4 Å². The molecule has 1 fully saturated rings. The predicted molar refractivity (Wildman–Crippen MR) is 82.9 cm³/mol. The summed E-state index contributed by atoms with van der Waals surface area (Å²) < 4.78 is 5.57. The molecule has 1 unspecified atom stereocenters. The number of ether oxygens (including phenoxy) is 1. The van der Waals surface area contributed by atoms with Crippen molar-refractivity contribution in [3.05, 3.63) is 24.3 Å². The second kappa shape index (κ2) is 6.36. The second-order valence-electron chi connectivity index (χ2n) is 5.74. The summed E-state index contributed by atoms with van der Waals surface area (Å²) >= 11 is 0. The van der Waals surface area contributed by atoms with Crippen molar-refractivity contribution in [3.63, 3.8) is 0 Å². The van der Waals surface area contributed by atoms with Gasteiger partial charge in [-0.05, 0) is 45.0 Å². The van der Waals surface area contributed by atoms with Crippen LogP contribution in [-0.2, 0) is 9.59 Å². The van der Waals surface area contributed by atoms with E-state index in [2.05, 4.69) is 10.6 Å². The van der Waals surface area contributed by atoms with E-state index in [0.717, 1.165) is 25.9 Å². The molecule has 2 aliphatic heterocycles. The van der Waals surface area contributed by atoms with Crippen LogP contribution in [-0.4, -0.2) is 43.6 Å². The molecule has 2 N–H and O–H groups in total. The maximum absolute atomic E-state index is 12.3. The molecule has 1 aromatic carbocycles. The molecule has 0 bridgehead atoms. The van der Waals surface area contributed by atoms with Crippen LogP contribution in [0.15, 0.2) is 24.3 Å². The SMILES string of the molecule is CC1Oc2ccccc2N(CC(=O)NC2CCNCC2)C1=O. The van der Waals surface area contributed by atoms with Crippen molar-refractivity contribution in [2.75, 3.05) is 24.5 Å². The average molecular weight is 303 g/mol. The summed E-state index contributed by atoms with van der Waals surface area (Å²) in [5.41, 5.74) is 0.658. The van der Waals surface area contributed by atoms with E-state index in [1.807, 2.05) is 18.2 Å². The van der Waals surface area contributed by atoms with E-state index in [1.165, 1.54) is 4.90 Å². The molecular weight excluding hydrogens is 282 g/mol. The molecule has 0 spiro atoms. The number of rotatable bonds is 3. The van der Waals surface area contributed by atoms with Crippen molar-refractivity contribution in [1.29, 1.82) is 0 Å². The van der Waals surface area contributed by atoms with E-state index in [1.54, 1.807) is 13.0 Å². The monoisotopic (exact) mass is 303 g/mol. The van der Waals surface area contributed by atoms with Crippen LogP contribution in [0.4, 0.5) is 5.69 Å². The molecule has 22 heavy (non-hydrogen) atoms. The van der Waals surface area contributed by atoms with E-state index in [9.17, 15) is 9.59 Å². The summed E-state index contributed by atoms with van der Waals surface area (Å²) in [6, 6.07) is 7.50. The Morgan fingerprint density at radius 3 is 2.86 bits per heavy atom. The minimum atomic E-state index is -0.568. The molecular formula is C16H21N3O3. The van der Waals surface area contributed by atoms with Gasteiger partial charge in [-0.25, -0.2) is 0 Å². The number of benzene rings is 1. The molecule has 1 saturated heterocycles. The fraction of sp³-hybridized carbons (Fsp3) is 0.500. The van der Waals surface area contributed by atoms with Crippen molar-refractivity contribution in [1.82, 2.24) is 10.6 Å². The molecule has 6 nitrogen and oxygen atoms in total. The van der Waals surface area contributed by atoms with Crippen molar-refractivity contribution in [2.45, 2.75) is 31.9 Å². The molecule has 0 aliphatic carbocycles. The van der Waals surface area contributed by atoms with Gasteiger partial charge in [0.05, 0.1) is 5.69 Å². The maximum atomic E-state index is 12.3. The Morgan fingerprint density at radius 1 is 1.36 bits per heavy atom. The molecule has 6 heteroatoms. The minimum absolute atomic E-state index is 0.0352. The van der Waals surface area contributed by atoms with Crippen LogP contribution >= 0.6 is 0 Å². The number of hydrogen-bond donors (Lipinski definition) is 2. The molecule has 0 aromatic heterocycles. The Balaban J connectivity index is 1.70. The number of piperidine rings is 1. The summed E-state index contributed by atoms with van der Waals surface area (Å²) in [7, 11) is 0. The molecule has 118 valence electrons. The Morgan fingerprint density at radius 2 is 2.09 bits per heavy atom. The third-order valence-corrected chi connectivity index (χ3v) is 4.08. The van der Waals surface area contributed by atoms with Crippen LogP contribution in [0.2, 0.25) is 0 Å². The zero-order valence-corrected chi connectivity index (χ0v) is 12.7. The molecule has 0 saturated carbocycles. The Labute approximate surface area is 129 Å². The fourth-order valence-electron chi connectivity index (χ4n) is 2.91. The second-order valence-corrected chi connectivity index (χ2v) is 5.74. The lowest BCUT2D eigenvalue weighted by Gasteiger charge is -2.33. The average Bonchev–Trinajstić information content (AvgIpc) is 2.53. The van der Waals surface area contributed by atoms with Gasteiger partial charge in [-0.1, -0.05) is 12.1 Å². The van der Waals surface area contributed by atoms with Gasteiger partial charge in [-0.2, -0.15) is 0 Å². The van der Waals surface area contributed by atoms with Crippen LogP contribution in [0.25, 0.3) is 0 Å². The zero-order valence-electron chi connectivity index (χ0n) is 12.7. The molecule has 2 aliphatic rings. The lowest BCUT2D eigenvalue weighted by atomic mass is 10.1. The minimum Gasteiger partial charge on any atom is -0.479 e. The number of para-hydroxylation sites is 2. The highest BCUT2D eigenvalue weighted by atomic mass is 16.5. The molecule has 2 heterocycles. The zero-order chi connectivity index (χ0) is 15.5. The Hall–Kier alpha value is -2.08. The highest BCUT2D eigenvalue weighted by Crippen LogP contribution is 2.33. The molecule has 3 rings (SSSR count). The highest BCUT2D eigenvalue weighted by molar-refractivity contribution is 6.03. The summed E-state index contributed by atoms with van der Waals surface area (Å²) in [5, 5.41) is 6.28. The van der Waals surface area contributed by atoms with E-state index in [4.69, 9.17) is 4.74 Å². The van der Waals surface area contributed by atoms with Gasteiger partial charge >= 0.3 is 0 Å². The quantitative estimate of drug-likeness (QED) is 0.861. The van der Waals surface area contributed by atoms with Crippen LogP contribution < -0.4 is 20.3 Å². The number of fused-ring (bicyclic) bond motifs is 1. The first-order chi connectivity index (χ1) is 10.6. The molecule has 1 atom stereocenters. The summed E-state index contributed by atoms with van der Waals surface area (Å²) in [4.78, 5) is 26.1. The van der Waals surface area contributed by atoms with Crippen LogP contribution in [0.5, 0.6) is 5.75 Å². The predicted octanol–water partition coefficient (Wildman–Crippen LogP) is 0.669. The van der Waals surface area contributed by atoms with Gasteiger partial charge in [-0.3, -0.25) is 14.5 Å². The number of hydrogen-bond acceptors (Lipinski definition) is 4. The smallest absolute Gasteiger partial charge is 0.268 e. The van der Waals surface area contributed by atoms with Gasteiger partial charge in [0.1, 0.15) is 12.3 Å². The summed E-state index contributed by atoms with van der Waals surface area (Å²) in [6.45, 7) is 3.58. The van der Waals surface area contributed by atoms with Crippen molar-refractivity contribution < 1.29 is 14.3 Å².